The highest BCUT2D eigenvalue weighted by Crippen LogP contribution is 2.26. The maximum atomic E-state index is 12.2. The third-order valence-electron chi connectivity index (χ3n) is 2.58. The van der Waals surface area contributed by atoms with Gasteiger partial charge in [0.05, 0.1) is 10.8 Å². The summed E-state index contributed by atoms with van der Waals surface area (Å²) >= 11 is 0. The molecular weight excluding hydrogens is 339 g/mol. The van der Waals surface area contributed by atoms with E-state index < -0.39 is 26.3 Å². The number of benzene rings is 2. The summed E-state index contributed by atoms with van der Waals surface area (Å²) in [6.07, 6.45) is 0. The van der Waals surface area contributed by atoms with Gasteiger partial charge in [-0.3, -0.25) is 4.72 Å². The Morgan fingerprint density at radius 1 is 0.864 bits per heavy atom. The lowest BCUT2D eigenvalue weighted by atomic mass is 10.3. The van der Waals surface area contributed by atoms with E-state index in [4.69, 9.17) is 0 Å². The van der Waals surface area contributed by atoms with Crippen molar-refractivity contribution in [3.8, 4) is 0 Å². The monoisotopic (exact) mass is 349 g/mol. The predicted octanol–water partition coefficient (Wildman–Crippen LogP) is 3.11. The fourth-order valence-corrected chi connectivity index (χ4v) is 3.16. The SMILES string of the molecule is O=[S@@](c1ccccc1)c1ccc(NS(=O)(=O)C(F)(F)F)cc1. The van der Waals surface area contributed by atoms with Gasteiger partial charge in [0.1, 0.15) is 0 Å². The molecule has 0 bridgehead atoms. The van der Waals surface area contributed by atoms with Crippen LogP contribution in [0.4, 0.5) is 18.9 Å². The molecule has 0 heterocycles. The molecule has 2 aromatic rings. The van der Waals surface area contributed by atoms with Crippen molar-refractivity contribution in [3.05, 3.63) is 54.6 Å². The molecule has 4 nitrogen and oxygen atoms in total. The highest BCUT2D eigenvalue weighted by Gasteiger charge is 2.45. The minimum atomic E-state index is -5.46. The van der Waals surface area contributed by atoms with Gasteiger partial charge in [0.25, 0.3) is 0 Å². The van der Waals surface area contributed by atoms with Crippen LogP contribution in [-0.2, 0) is 20.8 Å². The van der Waals surface area contributed by atoms with Crippen LogP contribution in [0.15, 0.2) is 64.4 Å². The molecule has 0 saturated heterocycles. The van der Waals surface area contributed by atoms with E-state index in [9.17, 15) is 25.8 Å². The van der Waals surface area contributed by atoms with Crippen LogP contribution in [0, 0.1) is 0 Å². The maximum Gasteiger partial charge on any atom is 0.516 e. The standard InChI is InChI=1S/C13H10F3NO3S2/c14-13(15,16)22(19,20)17-10-6-8-12(9-7-10)21(18)11-4-2-1-3-5-11/h1-9,17H/t21-/m0/s1. The van der Waals surface area contributed by atoms with Crippen molar-refractivity contribution < 1.29 is 25.8 Å². The number of anilines is 1. The summed E-state index contributed by atoms with van der Waals surface area (Å²) in [6.45, 7) is 0. The molecule has 1 atom stereocenters. The fraction of sp³-hybridized carbons (Fsp3) is 0.0769. The van der Waals surface area contributed by atoms with Crippen LogP contribution < -0.4 is 4.72 Å². The summed E-state index contributed by atoms with van der Waals surface area (Å²) in [4.78, 5) is 0.882. The van der Waals surface area contributed by atoms with E-state index in [-0.39, 0.29) is 5.69 Å². The molecule has 118 valence electrons. The second-order valence-corrected chi connectivity index (χ2v) is 7.31. The third-order valence-corrected chi connectivity index (χ3v) is 5.10. The first-order chi connectivity index (χ1) is 10.2. The van der Waals surface area contributed by atoms with E-state index in [0.29, 0.717) is 9.79 Å². The molecule has 22 heavy (non-hydrogen) atoms. The molecule has 0 amide bonds. The van der Waals surface area contributed by atoms with Crippen LogP contribution in [0.1, 0.15) is 0 Å². The second-order valence-electron chi connectivity index (χ2n) is 4.16. The number of sulfonamides is 1. The lowest BCUT2D eigenvalue weighted by Gasteiger charge is -2.10. The smallest absolute Gasteiger partial charge is 0.276 e. The molecular formula is C13H10F3NO3S2. The van der Waals surface area contributed by atoms with Gasteiger partial charge in [-0.25, -0.2) is 4.21 Å². The molecule has 2 aromatic carbocycles. The highest BCUT2D eigenvalue weighted by atomic mass is 32.2. The summed E-state index contributed by atoms with van der Waals surface area (Å²) in [5.74, 6) is 0. The minimum absolute atomic E-state index is 0.258. The first-order valence-electron chi connectivity index (χ1n) is 5.87. The Morgan fingerprint density at radius 2 is 1.36 bits per heavy atom. The molecule has 0 fully saturated rings. The maximum absolute atomic E-state index is 12.2. The minimum Gasteiger partial charge on any atom is -0.276 e. The van der Waals surface area contributed by atoms with Crippen molar-refractivity contribution >= 4 is 26.5 Å². The average molecular weight is 349 g/mol. The first-order valence-corrected chi connectivity index (χ1v) is 8.50. The Labute approximate surface area is 127 Å². The van der Waals surface area contributed by atoms with Gasteiger partial charge in [-0.05, 0) is 36.4 Å². The first kappa shape index (κ1) is 16.5. The Hall–Kier alpha value is -1.87. The summed E-state index contributed by atoms with van der Waals surface area (Å²) in [5, 5.41) is 0. The van der Waals surface area contributed by atoms with Crippen LogP contribution in [0.5, 0.6) is 0 Å². The van der Waals surface area contributed by atoms with E-state index in [1.807, 2.05) is 0 Å². The van der Waals surface area contributed by atoms with E-state index >= 15 is 0 Å². The average Bonchev–Trinajstić information content (AvgIpc) is 2.47. The van der Waals surface area contributed by atoms with Crippen LogP contribution in [0.3, 0.4) is 0 Å². The van der Waals surface area contributed by atoms with Crippen molar-refractivity contribution in [2.24, 2.45) is 0 Å². The van der Waals surface area contributed by atoms with Gasteiger partial charge in [0, 0.05) is 15.5 Å². The number of hydrogen-bond acceptors (Lipinski definition) is 3. The van der Waals surface area contributed by atoms with Crippen LogP contribution in [0.2, 0.25) is 0 Å². The zero-order chi connectivity index (χ0) is 16.4. The Morgan fingerprint density at radius 3 is 1.86 bits per heavy atom. The summed E-state index contributed by atoms with van der Waals surface area (Å²) < 4.78 is 72.3. The molecule has 2 rings (SSSR count). The predicted molar refractivity (Wildman–Crippen MR) is 76.2 cm³/mol. The van der Waals surface area contributed by atoms with E-state index in [2.05, 4.69) is 0 Å². The van der Waals surface area contributed by atoms with Gasteiger partial charge in [-0.2, -0.15) is 21.6 Å². The lowest BCUT2D eigenvalue weighted by molar-refractivity contribution is -0.0429. The molecule has 0 aliphatic carbocycles. The molecule has 0 aliphatic rings. The number of alkyl halides is 3. The number of nitrogens with one attached hydrogen (secondary N) is 1. The van der Waals surface area contributed by atoms with Crippen molar-refractivity contribution in [2.45, 2.75) is 15.3 Å². The van der Waals surface area contributed by atoms with Gasteiger partial charge < -0.3 is 0 Å². The van der Waals surface area contributed by atoms with Gasteiger partial charge >= 0.3 is 15.5 Å². The van der Waals surface area contributed by atoms with Crippen molar-refractivity contribution in [2.75, 3.05) is 4.72 Å². The molecule has 0 saturated carbocycles. The highest BCUT2D eigenvalue weighted by molar-refractivity contribution is 7.93. The molecule has 0 spiro atoms. The third kappa shape index (κ3) is 3.66. The quantitative estimate of drug-likeness (QED) is 0.922. The number of rotatable bonds is 4. The molecule has 0 aromatic heterocycles. The lowest BCUT2D eigenvalue weighted by Crippen LogP contribution is -2.29. The Kier molecular flexibility index (Phi) is 4.57. The van der Waals surface area contributed by atoms with E-state index in [1.165, 1.54) is 16.9 Å². The normalized spacial score (nSPS) is 13.6. The van der Waals surface area contributed by atoms with Gasteiger partial charge in [-0.15, -0.1) is 0 Å². The zero-order valence-electron chi connectivity index (χ0n) is 10.9. The number of halogens is 3. The van der Waals surface area contributed by atoms with Crippen LogP contribution in [0.25, 0.3) is 0 Å². The molecule has 1 N–H and O–H groups in total. The summed E-state index contributed by atoms with van der Waals surface area (Å²) in [5.41, 5.74) is -5.65. The van der Waals surface area contributed by atoms with Crippen LogP contribution in [-0.4, -0.2) is 18.1 Å². The Balaban J connectivity index is 2.20. The van der Waals surface area contributed by atoms with E-state index in [0.717, 1.165) is 12.1 Å². The fourth-order valence-electron chi connectivity index (χ4n) is 1.54. The molecule has 0 radical (unpaired) electrons. The van der Waals surface area contributed by atoms with E-state index in [1.54, 1.807) is 30.3 Å². The largest absolute Gasteiger partial charge is 0.516 e. The van der Waals surface area contributed by atoms with Gasteiger partial charge in [-0.1, -0.05) is 18.2 Å². The zero-order valence-corrected chi connectivity index (χ0v) is 12.5. The van der Waals surface area contributed by atoms with Crippen molar-refractivity contribution in [3.63, 3.8) is 0 Å². The van der Waals surface area contributed by atoms with Crippen LogP contribution >= 0.6 is 0 Å². The van der Waals surface area contributed by atoms with Gasteiger partial charge in [0.15, 0.2) is 0 Å². The topological polar surface area (TPSA) is 63.2 Å². The second kappa shape index (κ2) is 6.09. The molecule has 0 unspecified atom stereocenters. The van der Waals surface area contributed by atoms with Crippen molar-refractivity contribution in [1.29, 1.82) is 0 Å². The molecule has 9 heteroatoms. The molecule has 0 aliphatic heterocycles. The van der Waals surface area contributed by atoms with Crippen molar-refractivity contribution in [1.82, 2.24) is 0 Å². The summed E-state index contributed by atoms with van der Waals surface area (Å²) in [7, 11) is -6.96. The number of hydrogen-bond donors (Lipinski definition) is 1. The Bertz CT molecular complexity index is 772. The summed E-state index contributed by atoms with van der Waals surface area (Å²) in [6, 6.07) is 13.3. The van der Waals surface area contributed by atoms with Gasteiger partial charge in [0.2, 0.25) is 0 Å².